The van der Waals surface area contributed by atoms with Crippen LogP contribution in [0.25, 0.3) is 0 Å². The van der Waals surface area contributed by atoms with Crippen molar-refractivity contribution in [2.45, 2.75) is 68.5 Å². The number of ether oxygens (including phenoxy) is 1. The van der Waals surface area contributed by atoms with Gasteiger partial charge in [0.05, 0.1) is 29.2 Å². The molecular formula is C29H38N2O5S. The van der Waals surface area contributed by atoms with Crippen LogP contribution in [0.4, 0.5) is 5.69 Å². The molecule has 2 unspecified atom stereocenters. The van der Waals surface area contributed by atoms with Gasteiger partial charge in [0.15, 0.2) is 0 Å². The highest BCUT2D eigenvalue weighted by Gasteiger charge is 2.78. The largest absolute Gasteiger partial charge is 0.461 e. The molecule has 2 amide bonds. The number of carbonyl (C=O) groups excluding carboxylic acids is 3. The lowest BCUT2D eigenvalue weighted by Crippen LogP contribution is -2.57. The molecule has 0 aromatic heterocycles. The number of benzene rings is 1. The van der Waals surface area contributed by atoms with Crippen LogP contribution in [0, 0.1) is 25.7 Å². The molecular weight excluding hydrogens is 488 g/mol. The van der Waals surface area contributed by atoms with Gasteiger partial charge in [0, 0.05) is 17.0 Å². The maximum absolute atomic E-state index is 14.6. The van der Waals surface area contributed by atoms with Crippen molar-refractivity contribution in [1.82, 2.24) is 4.90 Å². The summed E-state index contributed by atoms with van der Waals surface area (Å²) in [5.74, 6) is -2.21. The zero-order valence-electron chi connectivity index (χ0n) is 22.2. The number of carbonyl (C=O) groups is 3. The number of anilines is 1. The van der Waals surface area contributed by atoms with Gasteiger partial charge in [-0.25, -0.2) is 0 Å². The highest BCUT2D eigenvalue weighted by atomic mass is 32.2. The van der Waals surface area contributed by atoms with Gasteiger partial charge in [-0.15, -0.1) is 18.3 Å². The molecule has 0 saturated carbocycles. The molecule has 8 heteroatoms. The fraction of sp³-hybridized carbons (Fsp3) is 0.552. The van der Waals surface area contributed by atoms with Crippen LogP contribution in [0.5, 0.6) is 0 Å². The SMILES string of the molecule is C=CCOC(=O)[C@@H]1[C@H]2C(=O)N([C@@H](CC)CO)C(C(=O)N(CC=C)c3cc(C)ccc3C)C23CC[C@@]1(C)S3. The summed E-state index contributed by atoms with van der Waals surface area (Å²) in [6, 6.07) is 4.63. The molecule has 6 atom stereocenters. The minimum absolute atomic E-state index is 0.0734. The molecule has 1 aromatic rings. The van der Waals surface area contributed by atoms with E-state index in [0.29, 0.717) is 19.3 Å². The smallest absolute Gasteiger partial charge is 0.311 e. The second-order valence-corrected chi connectivity index (χ2v) is 12.6. The van der Waals surface area contributed by atoms with Crippen LogP contribution < -0.4 is 4.90 Å². The maximum Gasteiger partial charge on any atom is 0.311 e. The van der Waals surface area contributed by atoms with Crippen molar-refractivity contribution < 1.29 is 24.2 Å². The van der Waals surface area contributed by atoms with Gasteiger partial charge in [-0.05, 0) is 57.2 Å². The molecule has 1 N–H and O–H groups in total. The van der Waals surface area contributed by atoms with Crippen molar-refractivity contribution in [2.24, 2.45) is 11.8 Å². The summed E-state index contributed by atoms with van der Waals surface area (Å²) < 4.78 is 4.19. The van der Waals surface area contributed by atoms with Crippen molar-refractivity contribution in [1.29, 1.82) is 0 Å². The molecule has 37 heavy (non-hydrogen) atoms. The number of amides is 2. The van der Waals surface area contributed by atoms with Crippen LogP contribution in [0.15, 0.2) is 43.5 Å². The predicted molar refractivity (Wildman–Crippen MR) is 146 cm³/mol. The number of hydrogen-bond donors (Lipinski definition) is 1. The number of aryl methyl sites for hydroxylation is 2. The lowest BCUT2D eigenvalue weighted by molar-refractivity contribution is -0.155. The van der Waals surface area contributed by atoms with Crippen molar-refractivity contribution in [2.75, 3.05) is 24.7 Å². The van der Waals surface area contributed by atoms with Crippen LogP contribution >= 0.6 is 11.8 Å². The number of hydrogen-bond acceptors (Lipinski definition) is 6. The Morgan fingerprint density at radius 2 is 2.03 bits per heavy atom. The van der Waals surface area contributed by atoms with Crippen LogP contribution in [0.3, 0.4) is 0 Å². The molecule has 200 valence electrons. The van der Waals surface area contributed by atoms with Crippen molar-refractivity contribution in [3.63, 3.8) is 0 Å². The number of aliphatic hydroxyl groups excluding tert-OH is 1. The summed E-state index contributed by atoms with van der Waals surface area (Å²) in [7, 11) is 0. The lowest BCUT2D eigenvalue weighted by Gasteiger charge is -2.39. The second-order valence-electron chi connectivity index (χ2n) is 10.7. The van der Waals surface area contributed by atoms with Gasteiger partial charge in [0.25, 0.3) is 5.91 Å². The van der Waals surface area contributed by atoms with Crippen molar-refractivity contribution in [3.8, 4) is 0 Å². The summed E-state index contributed by atoms with van der Waals surface area (Å²) in [6.07, 6.45) is 5.04. The topological polar surface area (TPSA) is 87.1 Å². The maximum atomic E-state index is 14.6. The highest BCUT2D eigenvalue weighted by Crippen LogP contribution is 2.71. The van der Waals surface area contributed by atoms with Crippen LogP contribution in [0.2, 0.25) is 0 Å². The van der Waals surface area contributed by atoms with Gasteiger partial charge in [0.2, 0.25) is 5.91 Å². The Balaban J connectivity index is 1.85. The molecule has 4 rings (SSSR count). The molecule has 0 radical (unpaired) electrons. The molecule has 0 aliphatic carbocycles. The first kappa shape index (κ1) is 27.5. The third kappa shape index (κ3) is 4.22. The van der Waals surface area contributed by atoms with E-state index < -0.39 is 39.4 Å². The summed E-state index contributed by atoms with van der Waals surface area (Å²) in [5.41, 5.74) is 2.74. The van der Waals surface area contributed by atoms with E-state index in [1.807, 2.05) is 45.9 Å². The molecule has 3 saturated heterocycles. The van der Waals surface area contributed by atoms with E-state index in [1.54, 1.807) is 27.6 Å². The Morgan fingerprint density at radius 3 is 2.65 bits per heavy atom. The Morgan fingerprint density at radius 1 is 1.30 bits per heavy atom. The van der Waals surface area contributed by atoms with Crippen LogP contribution in [-0.2, 0) is 19.1 Å². The van der Waals surface area contributed by atoms with Crippen LogP contribution in [0.1, 0.15) is 44.2 Å². The molecule has 3 fully saturated rings. The summed E-state index contributed by atoms with van der Waals surface area (Å²) in [5, 5.41) is 10.3. The number of rotatable bonds is 10. The lowest BCUT2D eigenvalue weighted by atomic mass is 9.66. The predicted octanol–water partition coefficient (Wildman–Crippen LogP) is 3.80. The number of esters is 1. The van der Waals surface area contributed by atoms with E-state index in [-0.39, 0.29) is 31.6 Å². The third-order valence-electron chi connectivity index (χ3n) is 8.35. The third-order valence-corrected chi connectivity index (χ3v) is 10.3. The summed E-state index contributed by atoms with van der Waals surface area (Å²) in [6.45, 7) is 15.5. The minimum atomic E-state index is -0.814. The van der Waals surface area contributed by atoms with Gasteiger partial charge in [-0.3, -0.25) is 14.4 Å². The highest BCUT2D eigenvalue weighted by molar-refractivity contribution is 8.02. The number of nitrogens with zero attached hydrogens (tertiary/aromatic N) is 2. The van der Waals surface area contributed by atoms with E-state index in [0.717, 1.165) is 16.8 Å². The zero-order valence-corrected chi connectivity index (χ0v) is 23.1. The normalized spacial score (nSPS) is 30.7. The van der Waals surface area contributed by atoms with E-state index in [4.69, 9.17) is 4.74 Å². The molecule has 2 bridgehead atoms. The molecule has 1 spiro atoms. The molecule has 3 heterocycles. The minimum Gasteiger partial charge on any atom is -0.461 e. The number of thioether (sulfide) groups is 1. The van der Waals surface area contributed by atoms with E-state index >= 15 is 0 Å². The first-order valence-corrected chi connectivity index (χ1v) is 13.8. The van der Waals surface area contributed by atoms with Crippen molar-refractivity contribution in [3.05, 3.63) is 54.6 Å². The average Bonchev–Trinajstić information content (AvgIpc) is 3.44. The standard InChI is InChI=1S/C29H38N2O5S/c1-7-14-30(21-16-18(4)10-11-19(21)5)26(34)24-29-13-12-28(6,37-29)23(27(35)36-15-8-2)22(29)25(33)31(24)20(9-3)17-32/h7-8,10-11,16,20,22-24,32H,1-2,9,12-15,17H2,3-6H3/t20-,22-,23-,24?,28+,29?/m0/s1. The quantitative estimate of drug-likeness (QED) is 0.369. The molecule has 7 nitrogen and oxygen atoms in total. The Labute approximate surface area is 223 Å². The van der Waals surface area contributed by atoms with Gasteiger partial charge < -0.3 is 19.6 Å². The first-order valence-electron chi connectivity index (χ1n) is 13.0. The Kier molecular flexibility index (Phi) is 7.64. The van der Waals surface area contributed by atoms with Gasteiger partial charge in [-0.1, -0.05) is 37.8 Å². The molecule has 3 aliphatic rings. The monoisotopic (exact) mass is 526 g/mol. The van der Waals surface area contributed by atoms with Gasteiger partial charge in [0.1, 0.15) is 12.6 Å². The Bertz CT molecular complexity index is 1120. The Hall–Kier alpha value is -2.58. The number of aliphatic hydroxyl groups is 1. The first-order chi connectivity index (χ1) is 17.6. The summed E-state index contributed by atoms with van der Waals surface area (Å²) >= 11 is 1.60. The van der Waals surface area contributed by atoms with E-state index in [9.17, 15) is 19.5 Å². The summed E-state index contributed by atoms with van der Waals surface area (Å²) in [4.78, 5) is 45.4. The number of fused-ring (bicyclic) bond motifs is 1. The second kappa shape index (κ2) is 10.3. The fourth-order valence-electron chi connectivity index (χ4n) is 6.63. The molecule has 3 aliphatic heterocycles. The van der Waals surface area contributed by atoms with E-state index in [1.165, 1.54) is 6.08 Å². The van der Waals surface area contributed by atoms with Gasteiger partial charge in [-0.2, -0.15) is 0 Å². The van der Waals surface area contributed by atoms with Gasteiger partial charge >= 0.3 is 5.97 Å². The fourth-order valence-corrected chi connectivity index (χ4v) is 8.96. The van der Waals surface area contributed by atoms with Crippen molar-refractivity contribution >= 4 is 35.2 Å². The number of likely N-dealkylation sites (tertiary alicyclic amines) is 1. The molecule has 1 aromatic carbocycles. The van der Waals surface area contributed by atoms with E-state index in [2.05, 4.69) is 13.2 Å². The van der Waals surface area contributed by atoms with Crippen LogP contribution in [-0.4, -0.2) is 69.1 Å². The zero-order chi connectivity index (χ0) is 27.1. The average molecular weight is 527 g/mol.